The third-order valence-electron chi connectivity index (χ3n) is 2.86. The maximum Gasteiger partial charge on any atom is 0.295 e. The van der Waals surface area contributed by atoms with Crippen molar-refractivity contribution in [2.45, 2.75) is 6.92 Å². The smallest absolute Gasteiger partial charge is 0.295 e. The van der Waals surface area contributed by atoms with Gasteiger partial charge in [0, 0.05) is 11.6 Å². The SMILES string of the molecule is CCN(C(=O)c1ccco1)c1nc2cc(Cl)ccc2s1. The predicted molar refractivity (Wildman–Crippen MR) is 80.7 cm³/mol. The van der Waals surface area contributed by atoms with Crippen molar-refractivity contribution >= 4 is 44.2 Å². The third-order valence-corrected chi connectivity index (χ3v) is 4.16. The number of amides is 1. The van der Waals surface area contributed by atoms with Crippen LogP contribution in [-0.2, 0) is 0 Å². The summed E-state index contributed by atoms with van der Waals surface area (Å²) >= 11 is 7.41. The number of halogens is 1. The lowest BCUT2D eigenvalue weighted by Crippen LogP contribution is -2.30. The fourth-order valence-electron chi connectivity index (χ4n) is 1.90. The van der Waals surface area contributed by atoms with Gasteiger partial charge < -0.3 is 4.42 Å². The number of furan rings is 1. The second kappa shape index (κ2) is 5.26. The average molecular weight is 307 g/mol. The highest BCUT2D eigenvalue weighted by Gasteiger charge is 2.21. The van der Waals surface area contributed by atoms with Gasteiger partial charge in [-0.1, -0.05) is 22.9 Å². The molecule has 0 N–H and O–H groups in total. The number of benzene rings is 1. The summed E-state index contributed by atoms with van der Waals surface area (Å²) in [5, 5.41) is 1.28. The van der Waals surface area contributed by atoms with Crippen LogP contribution in [0.2, 0.25) is 5.02 Å². The van der Waals surface area contributed by atoms with Crippen LogP contribution in [-0.4, -0.2) is 17.4 Å². The third kappa shape index (κ3) is 2.30. The molecule has 20 heavy (non-hydrogen) atoms. The van der Waals surface area contributed by atoms with Gasteiger partial charge in [-0.2, -0.15) is 0 Å². The molecule has 3 rings (SSSR count). The van der Waals surface area contributed by atoms with Crippen molar-refractivity contribution in [3.63, 3.8) is 0 Å². The summed E-state index contributed by atoms with van der Waals surface area (Å²) in [4.78, 5) is 18.4. The zero-order valence-corrected chi connectivity index (χ0v) is 12.2. The van der Waals surface area contributed by atoms with Crippen molar-refractivity contribution in [2.75, 3.05) is 11.4 Å². The zero-order chi connectivity index (χ0) is 14.1. The first-order valence-corrected chi connectivity index (χ1v) is 7.30. The molecule has 102 valence electrons. The maximum atomic E-state index is 12.4. The van der Waals surface area contributed by atoms with Crippen molar-refractivity contribution < 1.29 is 9.21 Å². The number of rotatable bonds is 3. The molecule has 1 amide bonds. The lowest BCUT2D eigenvalue weighted by Gasteiger charge is -2.15. The van der Waals surface area contributed by atoms with Crippen LogP contribution in [0.15, 0.2) is 41.0 Å². The summed E-state index contributed by atoms with van der Waals surface area (Å²) in [5.74, 6) is 0.117. The molecule has 0 saturated carbocycles. The van der Waals surface area contributed by atoms with E-state index in [1.165, 1.54) is 17.6 Å². The highest BCUT2D eigenvalue weighted by atomic mass is 35.5. The Morgan fingerprint density at radius 2 is 2.30 bits per heavy atom. The summed E-state index contributed by atoms with van der Waals surface area (Å²) in [6.45, 7) is 2.42. The van der Waals surface area contributed by atoms with Gasteiger partial charge in [0.1, 0.15) is 0 Å². The Balaban J connectivity index is 2.01. The van der Waals surface area contributed by atoms with Gasteiger partial charge in [0.15, 0.2) is 10.9 Å². The van der Waals surface area contributed by atoms with E-state index >= 15 is 0 Å². The fourth-order valence-corrected chi connectivity index (χ4v) is 3.08. The summed E-state index contributed by atoms with van der Waals surface area (Å²) in [5.41, 5.74) is 0.795. The second-order valence-electron chi connectivity index (χ2n) is 4.14. The minimum absolute atomic E-state index is 0.192. The number of hydrogen-bond donors (Lipinski definition) is 0. The molecule has 4 nitrogen and oxygen atoms in total. The number of nitrogens with zero attached hydrogens (tertiary/aromatic N) is 2. The monoisotopic (exact) mass is 306 g/mol. The molecule has 0 fully saturated rings. The predicted octanol–water partition coefficient (Wildman–Crippen LogP) is 4.21. The fraction of sp³-hybridized carbons (Fsp3) is 0.143. The Morgan fingerprint density at radius 1 is 1.45 bits per heavy atom. The van der Waals surface area contributed by atoms with Crippen LogP contribution in [0.4, 0.5) is 5.13 Å². The number of carbonyl (C=O) groups excluding carboxylic acids is 1. The highest BCUT2D eigenvalue weighted by molar-refractivity contribution is 7.22. The zero-order valence-electron chi connectivity index (χ0n) is 10.7. The average Bonchev–Trinajstić information content (AvgIpc) is 3.07. The second-order valence-corrected chi connectivity index (χ2v) is 5.58. The maximum absolute atomic E-state index is 12.4. The van der Waals surface area contributed by atoms with Crippen LogP contribution >= 0.6 is 22.9 Å². The molecule has 0 atom stereocenters. The van der Waals surface area contributed by atoms with Gasteiger partial charge in [0.25, 0.3) is 5.91 Å². The van der Waals surface area contributed by atoms with Crippen LogP contribution in [0.25, 0.3) is 10.2 Å². The van der Waals surface area contributed by atoms with E-state index in [-0.39, 0.29) is 5.91 Å². The first-order valence-electron chi connectivity index (χ1n) is 6.10. The summed E-state index contributed by atoms with van der Waals surface area (Å²) < 4.78 is 6.15. The van der Waals surface area contributed by atoms with Crippen molar-refractivity contribution in [3.05, 3.63) is 47.4 Å². The van der Waals surface area contributed by atoms with Crippen LogP contribution in [0, 0.1) is 0 Å². The van der Waals surface area contributed by atoms with Crippen LogP contribution in [0.1, 0.15) is 17.5 Å². The molecule has 0 saturated heterocycles. The van der Waals surface area contributed by atoms with Crippen molar-refractivity contribution in [1.29, 1.82) is 0 Å². The number of carbonyl (C=O) groups is 1. The van der Waals surface area contributed by atoms with E-state index in [0.717, 1.165) is 10.2 Å². The quantitative estimate of drug-likeness (QED) is 0.728. The normalized spacial score (nSPS) is 10.9. The van der Waals surface area contributed by atoms with E-state index < -0.39 is 0 Å². The largest absolute Gasteiger partial charge is 0.459 e. The summed E-state index contributed by atoms with van der Waals surface area (Å²) in [6.07, 6.45) is 1.49. The Labute approximate surface area is 124 Å². The minimum Gasteiger partial charge on any atom is -0.459 e. The number of fused-ring (bicyclic) bond motifs is 1. The standard InChI is InChI=1S/C14H11ClN2O2S/c1-2-17(13(18)11-4-3-7-19-11)14-16-10-8-9(15)5-6-12(10)20-14/h3-8H,2H2,1H3. The number of hydrogen-bond acceptors (Lipinski definition) is 4. The molecule has 3 aromatic rings. The van der Waals surface area contributed by atoms with Gasteiger partial charge in [-0.05, 0) is 37.3 Å². The van der Waals surface area contributed by atoms with Crippen LogP contribution in [0.3, 0.4) is 0 Å². The van der Waals surface area contributed by atoms with Gasteiger partial charge in [0.05, 0.1) is 16.5 Å². The van der Waals surface area contributed by atoms with Crippen LogP contribution < -0.4 is 4.90 Å². The molecular formula is C14H11ClN2O2S. The first kappa shape index (κ1) is 13.1. The molecule has 0 aliphatic rings. The Kier molecular flexibility index (Phi) is 3.46. The summed E-state index contributed by atoms with van der Waals surface area (Å²) in [6, 6.07) is 8.86. The van der Waals surface area contributed by atoms with Gasteiger partial charge in [0.2, 0.25) is 0 Å². The molecule has 2 aromatic heterocycles. The molecular weight excluding hydrogens is 296 g/mol. The Morgan fingerprint density at radius 3 is 3.00 bits per heavy atom. The van der Waals surface area contributed by atoms with E-state index in [4.69, 9.17) is 16.0 Å². The summed E-state index contributed by atoms with van der Waals surface area (Å²) in [7, 11) is 0. The molecule has 6 heteroatoms. The molecule has 0 aliphatic heterocycles. The van der Waals surface area contributed by atoms with Crippen LogP contribution in [0.5, 0.6) is 0 Å². The van der Waals surface area contributed by atoms with Crippen molar-refractivity contribution in [2.24, 2.45) is 0 Å². The Bertz CT molecular complexity index is 752. The van der Waals surface area contributed by atoms with Crippen molar-refractivity contribution in [1.82, 2.24) is 4.98 Å². The van der Waals surface area contributed by atoms with Gasteiger partial charge in [-0.25, -0.2) is 4.98 Å². The van der Waals surface area contributed by atoms with E-state index in [2.05, 4.69) is 4.98 Å². The number of anilines is 1. The molecule has 1 aromatic carbocycles. The Hall–Kier alpha value is -1.85. The lowest BCUT2D eigenvalue weighted by atomic mass is 10.3. The van der Waals surface area contributed by atoms with Gasteiger partial charge in [-0.15, -0.1) is 0 Å². The van der Waals surface area contributed by atoms with Gasteiger partial charge in [-0.3, -0.25) is 9.69 Å². The van der Waals surface area contributed by atoms with E-state index in [9.17, 15) is 4.79 Å². The van der Waals surface area contributed by atoms with E-state index in [0.29, 0.717) is 22.5 Å². The van der Waals surface area contributed by atoms with E-state index in [1.54, 1.807) is 23.1 Å². The topological polar surface area (TPSA) is 46.3 Å². The minimum atomic E-state index is -0.192. The molecule has 0 radical (unpaired) electrons. The first-order chi connectivity index (χ1) is 9.69. The molecule has 0 bridgehead atoms. The highest BCUT2D eigenvalue weighted by Crippen LogP contribution is 2.31. The number of aromatic nitrogens is 1. The lowest BCUT2D eigenvalue weighted by molar-refractivity contribution is 0.0961. The molecule has 0 spiro atoms. The number of thiazole rings is 1. The van der Waals surface area contributed by atoms with Crippen molar-refractivity contribution in [3.8, 4) is 0 Å². The molecule has 0 aliphatic carbocycles. The molecule has 0 unspecified atom stereocenters. The molecule has 2 heterocycles. The van der Waals surface area contributed by atoms with E-state index in [1.807, 2.05) is 19.1 Å². The van der Waals surface area contributed by atoms with Gasteiger partial charge >= 0.3 is 0 Å².